The molecule has 0 saturated carbocycles. The van der Waals surface area contributed by atoms with Gasteiger partial charge in [-0.1, -0.05) is 18.2 Å². The first-order chi connectivity index (χ1) is 15.3. The van der Waals surface area contributed by atoms with Gasteiger partial charge in [-0.15, -0.1) is 0 Å². The van der Waals surface area contributed by atoms with Crippen LogP contribution in [0.4, 0.5) is 14.6 Å². The van der Waals surface area contributed by atoms with Crippen LogP contribution in [-0.4, -0.2) is 49.1 Å². The third-order valence-electron chi connectivity index (χ3n) is 5.00. The van der Waals surface area contributed by atoms with Gasteiger partial charge in [-0.05, 0) is 31.5 Å². The van der Waals surface area contributed by atoms with Gasteiger partial charge in [0.2, 0.25) is 0 Å². The number of nitrogens with one attached hydrogen (secondary N) is 1. The third kappa shape index (κ3) is 5.23. The summed E-state index contributed by atoms with van der Waals surface area (Å²) in [7, 11) is 3.14. The first kappa shape index (κ1) is 23.6. The van der Waals surface area contributed by atoms with E-state index in [1.54, 1.807) is 45.4 Å². The van der Waals surface area contributed by atoms with Crippen molar-refractivity contribution in [2.24, 2.45) is 0 Å². The molecule has 0 radical (unpaired) electrons. The van der Waals surface area contributed by atoms with E-state index in [0.29, 0.717) is 52.8 Å². The van der Waals surface area contributed by atoms with Gasteiger partial charge >= 0.3 is 0 Å². The van der Waals surface area contributed by atoms with Gasteiger partial charge < -0.3 is 24.6 Å². The predicted molar refractivity (Wildman–Crippen MR) is 118 cm³/mol. The van der Waals surface area contributed by atoms with Crippen molar-refractivity contribution in [2.45, 2.75) is 25.8 Å². The zero-order valence-electron chi connectivity index (χ0n) is 18.5. The van der Waals surface area contributed by atoms with Crippen molar-refractivity contribution >= 4 is 16.7 Å². The summed E-state index contributed by atoms with van der Waals surface area (Å²) in [6.45, 7) is 3.13. The largest absolute Gasteiger partial charge is 0.493 e. The fraction of sp³-hybridized carbons (Fsp3) is 0.391. The number of nitrogens with zero attached hydrogens (tertiary/aromatic N) is 2. The summed E-state index contributed by atoms with van der Waals surface area (Å²) in [4.78, 5) is 9.00. The van der Waals surface area contributed by atoms with E-state index in [1.807, 2.05) is 6.92 Å². The minimum atomic E-state index is -3.31. The first-order valence-electron chi connectivity index (χ1n) is 10.1. The summed E-state index contributed by atoms with van der Waals surface area (Å²) in [5.74, 6) is -1.17. The maximum Gasteiger partial charge on any atom is 0.295 e. The van der Waals surface area contributed by atoms with Crippen molar-refractivity contribution in [3.05, 3.63) is 53.3 Å². The van der Waals surface area contributed by atoms with E-state index in [4.69, 9.17) is 19.3 Å². The number of aryl methyl sites for hydroxylation is 1. The number of aliphatic hydroxyl groups is 1. The van der Waals surface area contributed by atoms with Crippen molar-refractivity contribution < 1.29 is 28.1 Å². The molecule has 0 amide bonds. The monoisotopic (exact) mass is 447 g/mol. The van der Waals surface area contributed by atoms with Crippen molar-refractivity contribution in [1.29, 1.82) is 0 Å². The number of ether oxygens (including phenoxy) is 3. The van der Waals surface area contributed by atoms with Gasteiger partial charge in [0, 0.05) is 30.2 Å². The van der Waals surface area contributed by atoms with Crippen LogP contribution in [-0.2, 0) is 10.7 Å². The van der Waals surface area contributed by atoms with E-state index in [2.05, 4.69) is 15.3 Å². The highest BCUT2D eigenvalue weighted by molar-refractivity contribution is 5.92. The van der Waals surface area contributed by atoms with Crippen molar-refractivity contribution in [3.63, 3.8) is 0 Å². The Morgan fingerprint density at radius 1 is 1.09 bits per heavy atom. The van der Waals surface area contributed by atoms with Gasteiger partial charge in [0.1, 0.15) is 24.9 Å². The summed E-state index contributed by atoms with van der Waals surface area (Å²) in [6, 6.07) is 9.18. The zero-order chi connectivity index (χ0) is 23.3. The molecule has 172 valence electrons. The molecule has 1 aromatic heterocycles. The van der Waals surface area contributed by atoms with Crippen LogP contribution < -0.4 is 14.8 Å². The average molecular weight is 447 g/mol. The Bertz CT molecular complexity index is 1080. The molecule has 0 aliphatic rings. The summed E-state index contributed by atoms with van der Waals surface area (Å²) in [5.41, 5.74) is 1.04. The summed E-state index contributed by atoms with van der Waals surface area (Å²) in [6.07, 6.45) is 0. The topological polar surface area (TPSA) is 85.7 Å². The highest BCUT2D eigenvalue weighted by Crippen LogP contribution is 2.36. The summed E-state index contributed by atoms with van der Waals surface area (Å²) >= 11 is 0. The number of methoxy groups -OCH3 is 2. The second-order valence-electron chi connectivity index (χ2n) is 7.33. The van der Waals surface area contributed by atoms with Gasteiger partial charge in [-0.25, -0.2) is 9.97 Å². The Morgan fingerprint density at radius 3 is 2.56 bits per heavy atom. The van der Waals surface area contributed by atoms with E-state index in [1.165, 1.54) is 12.1 Å². The molecule has 0 saturated heterocycles. The fourth-order valence-electron chi connectivity index (χ4n) is 3.29. The van der Waals surface area contributed by atoms with Crippen LogP contribution >= 0.6 is 0 Å². The molecule has 0 fully saturated rings. The van der Waals surface area contributed by atoms with E-state index >= 15 is 0 Å². The number of aromatic nitrogens is 2. The maximum atomic E-state index is 13.9. The molecule has 0 spiro atoms. The molecule has 0 unspecified atom stereocenters. The second-order valence-corrected chi connectivity index (χ2v) is 7.33. The molecule has 3 aromatic rings. The molecule has 1 atom stereocenters. The minimum Gasteiger partial charge on any atom is -0.493 e. The van der Waals surface area contributed by atoms with Crippen LogP contribution in [0.3, 0.4) is 0 Å². The van der Waals surface area contributed by atoms with Gasteiger partial charge in [-0.2, -0.15) is 8.78 Å². The van der Waals surface area contributed by atoms with Gasteiger partial charge in [0.25, 0.3) is 5.92 Å². The molecule has 7 nitrogen and oxygen atoms in total. The molecule has 32 heavy (non-hydrogen) atoms. The predicted octanol–water partition coefficient (Wildman–Crippen LogP) is 4.23. The van der Waals surface area contributed by atoms with Crippen LogP contribution in [0.5, 0.6) is 11.5 Å². The lowest BCUT2D eigenvalue weighted by Gasteiger charge is -2.20. The Morgan fingerprint density at radius 2 is 1.88 bits per heavy atom. The number of benzene rings is 2. The molecule has 3 rings (SSSR count). The number of hydrogen-bond acceptors (Lipinski definition) is 7. The number of halogens is 2. The van der Waals surface area contributed by atoms with Gasteiger partial charge in [0.15, 0.2) is 11.5 Å². The molecule has 1 heterocycles. The highest BCUT2D eigenvalue weighted by atomic mass is 19.3. The highest BCUT2D eigenvalue weighted by Gasteiger charge is 2.30. The molecule has 0 bridgehead atoms. The van der Waals surface area contributed by atoms with Crippen molar-refractivity contribution in [1.82, 2.24) is 9.97 Å². The number of anilines is 1. The lowest BCUT2D eigenvalue weighted by atomic mass is 10.0. The lowest BCUT2D eigenvalue weighted by molar-refractivity contribution is -0.0556. The molecule has 0 aliphatic carbocycles. The van der Waals surface area contributed by atoms with Crippen molar-refractivity contribution in [2.75, 3.05) is 39.4 Å². The summed E-state index contributed by atoms with van der Waals surface area (Å²) < 4.78 is 44.1. The van der Waals surface area contributed by atoms with E-state index in [0.717, 1.165) is 0 Å². The Balaban J connectivity index is 1.97. The number of aliphatic hydroxyl groups excluding tert-OH is 1. The zero-order valence-corrected chi connectivity index (χ0v) is 18.5. The molecule has 9 heteroatoms. The van der Waals surface area contributed by atoms with Crippen LogP contribution in [0.25, 0.3) is 10.9 Å². The quantitative estimate of drug-likeness (QED) is 0.450. The third-order valence-corrected chi connectivity index (χ3v) is 5.00. The van der Waals surface area contributed by atoms with Crippen LogP contribution in [0, 0.1) is 6.92 Å². The molecule has 2 aromatic carbocycles. The number of fused-ring (bicyclic) bond motifs is 1. The Hall–Kier alpha value is -3.04. The standard InChI is InChI=1S/C23H27F2N3O4/c1-14(16-6-5-7-17(10-16)23(24,25)13-29)26-22-18-11-21(32-9-8-30-3)20(31-4)12-19(18)27-15(2)28-22/h5-7,10-12,14,29H,8-9,13H2,1-4H3,(H,26,27,28)/t14-/m1/s1. The Labute approximate surface area is 185 Å². The second kappa shape index (κ2) is 10.1. The minimum absolute atomic E-state index is 0.242. The fourth-order valence-corrected chi connectivity index (χ4v) is 3.29. The van der Waals surface area contributed by atoms with Gasteiger partial charge in [-0.3, -0.25) is 0 Å². The van der Waals surface area contributed by atoms with E-state index < -0.39 is 12.5 Å². The average Bonchev–Trinajstić information content (AvgIpc) is 2.79. The molecular weight excluding hydrogens is 420 g/mol. The number of rotatable bonds is 10. The molecule has 2 N–H and O–H groups in total. The van der Waals surface area contributed by atoms with Gasteiger partial charge in [0.05, 0.1) is 19.2 Å². The SMILES string of the molecule is COCCOc1cc2c(N[C@H](C)c3cccc(C(F)(F)CO)c3)nc(C)nc2cc1OC. The first-order valence-corrected chi connectivity index (χ1v) is 10.1. The van der Waals surface area contributed by atoms with Crippen LogP contribution in [0.1, 0.15) is 29.9 Å². The van der Waals surface area contributed by atoms with Crippen molar-refractivity contribution in [3.8, 4) is 11.5 Å². The lowest BCUT2D eigenvalue weighted by Crippen LogP contribution is -2.19. The number of alkyl halides is 2. The maximum absolute atomic E-state index is 13.9. The number of hydrogen-bond donors (Lipinski definition) is 2. The van der Waals surface area contributed by atoms with E-state index in [9.17, 15) is 8.78 Å². The summed E-state index contributed by atoms with van der Waals surface area (Å²) in [5, 5.41) is 13.0. The molecule has 0 aliphatic heterocycles. The molecular formula is C23H27F2N3O4. The van der Waals surface area contributed by atoms with Crippen LogP contribution in [0.2, 0.25) is 0 Å². The van der Waals surface area contributed by atoms with E-state index in [-0.39, 0.29) is 11.6 Å². The van der Waals surface area contributed by atoms with Crippen LogP contribution in [0.15, 0.2) is 36.4 Å². The Kier molecular flexibility index (Phi) is 7.42. The smallest absolute Gasteiger partial charge is 0.295 e. The normalized spacial score (nSPS) is 12.6.